The van der Waals surface area contributed by atoms with Crippen LogP contribution in [0.15, 0.2) is 47.8 Å². The van der Waals surface area contributed by atoms with Crippen LogP contribution in [-0.2, 0) is 13.1 Å². The molecule has 3 aromatic rings. The van der Waals surface area contributed by atoms with E-state index in [1.54, 1.807) is 41.5 Å². The zero-order valence-electron chi connectivity index (χ0n) is 14.6. The van der Waals surface area contributed by atoms with Crippen LogP contribution in [0.5, 0.6) is 0 Å². The molecule has 2 heterocycles. The molecular formula is C20H21FN2OS. The number of carbonyl (C=O) groups is 1. The summed E-state index contributed by atoms with van der Waals surface area (Å²) < 4.78 is 16.0. The van der Waals surface area contributed by atoms with Gasteiger partial charge in [0, 0.05) is 35.4 Å². The van der Waals surface area contributed by atoms with Gasteiger partial charge in [0.05, 0.1) is 12.1 Å². The molecule has 130 valence electrons. The zero-order chi connectivity index (χ0) is 18.0. The van der Waals surface area contributed by atoms with E-state index >= 15 is 0 Å². The molecule has 0 aliphatic carbocycles. The Morgan fingerprint density at radius 1 is 1.20 bits per heavy atom. The average Bonchev–Trinajstić information content (AvgIpc) is 3.20. The Labute approximate surface area is 151 Å². The number of thiophene rings is 1. The molecule has 1 amide bonds. The standard InChI is InChI=1S/C20H21FN2OS/c1-14-11-18(15(2)23(14)13-17-8-6-10-25-17)20(24)22(3)12-16-7-4-5-9-19(16)21/h4-11H,12-13H2,1-3H3. The maximum absolute atomic E-state index is 13.8. The van der Waals surface area contributed by atoms with Crippen molar-refractivity contribution in [2.75, 3.05) is 7.05 Å². The Bertz CT molecular complexity index is 883. The zero-order valence-corrected chi connectivity index (χ0v) is 15.4. The van der Waals surface area contributed by atoms with Crippen LogP contribution in [0.25, 0.3) is 0 Å². The highest BCUT2D eigenvalue weighted by Gasteiger charge is 2.20. The lowest BCUT2D eigenvalue weighted by Gasteiger charge is -2.18. The molecule has 0 aliphatic rings. The summed E-state index contributed by atoms with van der Waals surface area (Å²) in [5.41, 5.74) is 3.18. The Morgan fingerprint density at radius 3 is 2.64 bits per heavy atom. The van der Waals surface area contributed by atoms with Crippen LogP contribution >= 0.6 is 11.3 Å². The normalized spacial score (nSPS) is 10.9. The first kappa shape index (κ1) is 17.4. The van der Waals surface area contributed by atoms with Crippen LogP contribution in [0.3, 0.4) is 0 Å². The molecule has 0 aliphatic heterocycles. The summed E-state index contributed by atoms with van der Waals surface area (Å²) in [5, 5.41) is 2.05. The number of hydrogen-bond donors (Lipinski definition) is 0. The van der Waals surface area contributed by atoms with Crippen molar-refractivity contribution in [3.63, 3.8) is 0 Å². The molecule has 25 heavy (non-hydrogen) atoms. The largest absolute Gasteiger partial charge is 0.343 e. The lowest BCUT2D eigenvalue weighted by molar-refractivity contribution is 0.0783. The van der Waals surface area contributed by atoms with Gasteiger partial charge >= 0.3 is 0 Å². The summed E-state index contributed by atoms with van der Waals surface area (Å²) in [4.78, 5) is 15.7. The van der Waals surface area contributed by atoms with Gasteiger partial charge in [-0.3, -0.25) is 4.79 Å². The van der Waals surface area contributed by atoms with E-state index in [2.05, 4.69) is 16.0 Å². The van der Waals surface area contributed by atoms with Crippen LogP contribution in [0.2, 0.25) is 0 Å². The number of amides is 1. The van der Waals surface area contributed by atoms with E-state index in [1.165, 1.54) is 10.9 Å². The van der Waals surface area contributed by atoms with Crippen LogP contribution < -0.4 is 0 Å². The van der Waals surface area contributed by atoms with Crippen molar-refractivity contribution < 1.29 is 9.18 Å². The van der Waals surface area contributed by atoms with Gasteiger partial charge in [-0.1, -0.05) is 24.3 Å². The van der Waals surface area contributed by atoms with E-state index in [9.17, 15) is 9.18 Å². The number of aryl methyl sites for hydroxylation is 1. The van der Waals surface area contributed by atoms with Gasteiger partial charge in [0.2, 0.25) is 0 Å². The molecule has 0 N–H and O–H groups in total. The van der Waals surface area contributed by atoms with Gasteiger partial charge in [0.1, 0.15) is 5.82 Å². The molecule has 0 radical (unpaired) electrons. The summed E-state index contributed by atoms with van der Waals surface area (Å²) in [7, 11) is 1.71. The molecule has 0 spiro atoms. The van der Waals surface area contributed by atoms with Gasteiger partial charge in [0.15, 0.2) is 0 Å². The minimum atomic E-state index is -0.287. The lowest BCUT2D eigenvalue weighted by Crippen LogP contribution is -2.27. The van der Waals surface area contributed by atoms with Crippen LogP contribution in [0.1, 0.15) is 32.2 Å². The second-order valence-electron chi connectivity index (χ2n) is 6.20. The van der Waals surface area contributed by atoms with E-state index in [4.69, 9.17) is 0 Å². The molecule has 0 atom stereocenters. The van der Waals surface area contributed by atoms with Crippen molar-refractivity contribution in [2.45, 2.75) is 26.9 Å². The highest BCUT2D eigenvalue weighted by molar-refractivity contribution is 7.09. The Morgan fingerprint density at radius 2 is 1.96 bits per heavy atom. The van der Waals surface area contributed by atoms with E-state index in [0.717, 1.165) is 17.9 Å². The Balaban J connectivity index is 1.81. The third kappa shape index (κ3) is 3.66. The fourth-order valence-electron chi connectivity index (χ4n) is 2.98. The number of benzene rings is 1. The fourth-order valence-corrected chi connectivity index (χ4v) is 3.67. The molecule has 0 saturated carbocycles. The second-order valence-corrected chi connectivity index (χ2v) is 7.24. The Kier molecular flexibility index (Phi) is 5.04. The summed E-state index contributed by atoms with van der Waals surface area (Å²) in [6, 6.07) is 12.6. The average molecular weight is 356 g/mol. The first-order valence-electron chi connectivity index (χ1n) is 8.15. The minimum Gasteiger partial charge on any atom is -0.343 e. The molecule has 0 fully saturated rings. The van der Waals surface area contributed by atoms with Crippen LogP contribution in [0, 0.1) is 19.7 Å². The number of halogens is 1. The van der Waals surface area contributed by atoms with Gasteiger partial charge in [0.25, 0.3) is 5.91 Å². The van der Waals surface area contributed by atoms with Gasteiger partial charge in [-0.15, -0.1) is 11.3 Å². The van der Waals surface area contributed by atoms with E-state index in [1.807, 2.05) is 26.0 Å². The monoisotopic (exact) mass is 356 g/mol. The fraction of sp³-hybridized carbons (Fsp3) is 0.250. The van der Waals surface area contributed by atoms with E-state index in [0.29, 0.717) is 11.1 Å². The van der Waals surface area contributed by atoms with Gasteiger partial charge in [-0.2, -0.15) is 0 Å². The molecule has 2 aromatic heterocycles. The number of aromatic nitrogens is 1. The SMILES string of the molecule is Cc1cc(C(=O)N(C)Cc2ccccc2F)c(C)n1Cc1cccs1. The van der Waals surface area contributed by atoms with Crippen LogP contribution in [-0.4, -0.2) is 22.4 Å². The number of carbonyl (C=O) groups excluding carboxylic acids is 1. The van der Waals surface area contributed by atoms with E-state index in [-0.39, 0.29) is 18.3 Å². The molecule has 3 nitrogen and oxygen atoms in total. The molecule has 5 heteroatoms. The molecule has 1 aromatic carbocycles. The smallest absolute Gasteiger partial charge is 0.255 e. The van der Waals surface area contributed by atoms with Gasteiger partial charge < -0.3 is 9.47 Å². The summed E-state index contributed by atoms with van der Waals surface area (Å²) >= 11 is 1.70. The highest BCUT2D eigenvalue weighted by Crippen LogP contribution is 2.21. The van der Waals surface area contributed by atoms with E-state index < -0.39 is 0 Å². The highest BCUT2D eigenvalue weighted by atomic mass is 32.1. The Hall–Kier alpha value is -2.40. The predicted molar refractivity (Wildman–Crippen MR) is 99.5 cm³/mol. The van der Waals surface area contributed by atoms with Crippen molar-refractivity contribution in [3.05, 3.63) is 81.1 Å². The minimum absolute atomic E-state index is 0.0891. The number of hydrogen-bond acceptors (Lipinski definition) is 2. The van der Waals surface area contributed by atoms with Crippen molar-refractivity contribution in [2.24, 2.45) is 0 Å². The van der Waals surface area contributed by atoms with Crippen molar-refractivity contribution in [1.29, 1.82) is 0 Å². The van der Waals surface area contributed by atoms with Crippen molar-refractivity contribution in [3.8, 4) is 0 Å². The first-order valence-corrected chi connectivity index (χ1v) is 9.03. The molecular weight excluding hydrogens is 335 g/mol. The first-order chi connectivity index (χ1) is 12.0. The third-order valence-corrected chi connectivity index (χ3v) is 5.27. The van der Waals surface area contributed by atoms with Gasteiger partial charge in [-0.25, -0.2) is 4.39 Å². The van der Waals surface area contributed by atoms with Gasteiger partial charge in [-0.05, 0) is 37.4 Å². The van der Waals surface area contributed by atoms with Crippen molar-refractivity contribution in [1.82, 2.24) is 9.47 Å². The second kappa shape index (κ2) is 7.23. The molecule has 0 saturated heterocycles. The quantitative estimate of drug-likeness (QED) is 0.654. The molecule has 0 bridgehead atoms. The van der Waals surface area contributed by atoms with Crippen molar-refractivity contribution >= 4 is 17.2 Å². The number of rotatable bonds is 5. The number of nitrogens with zero attached hydrogens (tertiary/aromatic N) is 2. The van der Waals surface area contributed by atoms with Crippen LogP contribution in [0.4, 0.5) is 4.39 Å². The lowest BCUT2D eigenvalue weighted by atomic mass is 10.1. The molecule has 0 unspecified atom stereocenters. The predicted octanol–water partition coefficient (Wildman–Crippen LogP) is 4.63. The topological polar surface area (TPSA) is 25.2 Å². The third-order valence-electron chi connectivity index (χ3n) is 4.41. The summed E-state index contributed by atoms with van der Waals surface area (Å²) in [5.74, 6) is -0.376. The summed E-state index contributed by atoms with van der Waals surface area (Å²) in [6.45, 7) is 4.98. The summed E-state index contributed by atoms with van der Waals surface area (Å²) in [6.07, 6.45) is 0. The maximum atomic E-state index is 13.8. The maximum Gasteiger partial charge on any atom is 0.255 e. The molecule has 3 rings (SSSR count).